The minimum Gasteiger partial charge on any atom is -0.256 e. The second-order valence-electron chi connectivity index (χ2n) is 11.9. The van der Waals surface area contributed by atoms with E-state index in [2.05, 4.69) is 164 Å². The average Bonchev–Trinajstić information content (AvgIpc) is 3.13. The highest BCUT2D eigenvalue weighted by Gasteiger charge is 2.19. The van der Waals surface area contributed by atoms with Crippen LogP contribution in [0.15, 0.2) is 176 Å². The van der Waals surface area contributed by atoms with E-state index in [1.54, 1.807) is 0 Å². The zero-order chi connectivity index (χ0) is 30.5. The molecule has 9 aromatic rings. The van der Waals surface area contributed by atoms with E-state index >= 15 is 0 Å². The third-order valence-corrected chi connectivity index (χ3v) is 9.31. The Morgan fingerprint density at radius 1 is 0.304 bits per heavy atom. The molecule has 0 saturated carbocycles. The van der Waals surface area contributed by atoms with Gasteiger partial charge in [-0.1, -0.05) is 158 Å². The van der Waals surface area contributed by atoms with Gasteiger partial charge in [0.2, 0.25) is 0 Å². The standard InChI is InChI=1S/C45H29N/c1-2-12-30(13-3-1)34-26-27-43(46-29-34)37-22-10-21-36-35(37)20-11-23-38(36)45-41-18-8-6-16-39(41)44(40-17-7-9-19-42(40)45)33-25-24-31-14-4-5-15-32(31)28-33/h1-29H. The van der Waals surface area contributed by atoms with Crippen LogP contribution in [-0.4, -0.2) is 4.98 Å². The maximum atomic E-state index is 4.94. The Bertz CT molecular complexity index is 2510. The van der Waals surface area contributed by atoms with E-state index < -0.39 is 0 Å². The van der Waals surface area contributed by atoms with Crippen molar-refractivity contribution >= 4 is 43.1 Å². The van der Waals surface area contributed by atoms with E-state index in [0.717, 1.165) is 16.8 Å². The summed E-state index contributed by atoms with van der Waals surface area (Å²) in [4.78, 5) is 4.94. The van der Waals surface area contributed by atoms with Gasteiger partial charge in [0, 0.05) is 17.3 Å². The number of pyridine rings is 1. The highest BCUT2D eigenvalue weighted by molar-refractivity contribution is 6.24. The molecule has 0 atom stereocenters. The summed E-state index contributed by atoms with van der Waals surface area (Å²) in [6.07, 6.45) is 1.99. The predicted octanol–water partition coefficient (Wildman–Crippen LogP) is 12.4. The smallest absolute Gasteiger partial charge is 0.0708 e. The van der Waals surface area contributed by atoms with Crippen LogP contribution in [0.3, 0.4) is 0 Å². The Hall–Kier alpha value is -6.05. The molecular weight excluding hydrogens is 555 g/mol. The first-order valence-corrected chi connectivity index (χ1v) is 15.8. The number of hydrogen-bond donors (Lipinski definition) is 0. The molecule has 8 aromatic carbocycles. The monoisotopic (exact) mass is 583 g/mol. The lowest BCUT2D eigenvalue weighted by Gasteiger charge is -2.19. The van der Waals surface area contributed by atoms with Crippen LogP contribution in [0, 0.1) is 0 Å². The van der Waals surface area contributed by atoms with Gasteiger partial charge < -0.3 is 0 Å². The third kappa shape index (κ3) is 4.29. The van der Waals surface area contributed by atoms with Crippen LogP contribution >= 0.6 is 0 Å². The molecule has 1 nitrogen and oxygen atoms in total. The van der Waals surface area contributed by atoms with Gasteiger partial charge in [0.05, 0.1) is 5.69 Å². The van der Waals surface area contributed by atoms with Gasteiger partial charge in [0.25, 0.3) is 0 Å². The molecule has 9 rings (SSSR count). The van der Waals surface area contributed by atoms with E-state index in [1.165, 1.54) is 70.9 Å². The first kappa shape index (κ1) is 26.4. The van der Waals surface area contributed by atoms with Crippen molar-refractivity contribution in [3.63, 3.8) is 0 Å². The largest absolute Gasteiger partial charge is 0.256 e. The number of aromatic nitrogens is 1. The number of hydrogen-bond acceptors (Lipinski definition) is 1. The van der Waals surface area contributed by atoms with Crippen LogP contribution < -0.4 is 0 Å². The van der Waals surface area contributed by atoms with Crippen molar-refractivity contribution in [1.29, 1.82) is 0 Å². The topological polar surface area (TPSA) is 12.9 Å². The molecule has 0 amide bonds. The van der Waals surface area contributed by atoms with Crippen molar-refractivity contribution < 1.29 is 0 Å². The molecule has 0 spiro atoms. The first-order chi connectivity index (χ1) is 22.8. The summed E-state index contributed by atoms with van der Waals surface area (Å²) in [6.45, 7) is 0. The average molecular weight is 584 g/mol. The molecular formula is C45H29N. The Morgan fingerprint density at radius 2 is 0.848 bits per heavy atom. The summed E-state index contributed by atoms with van der Waals surface area (Å²) in [5, 5.41) is 9.97. The molecule has 1 heterocycles. The fraction of sp³-hybridized carbons (Fsp3) is 0. The maximum Gasteiger partial charge on any atom is 0.0708 e. The summed E-state index contributed by atoms with van der Waals surface area (Å²) in [6, 6.07) is 61.3. The van der Waals surface area contributed by atoms with Gasteiger partial charge >= 0.3 is 0 Å². The van der Waals surface area contributed by atoms with Gasteiger partial charge in [-0.25, -0.2) is 0 Å². The van der Waals surface area contributed by atoms with Gasteiger partial charge in [-0.2, -0.15) is 0 Å². The lowest BCUT2D eigenvalue weighted by Crippen LogP contribution is -1.92. The normalized spacial score (nSPS) is 11.5. The van der Waals surface area contributed by atoms with Gasteiger partial charge in [0.1, 0.15) is 0 Å². The molecule has 0 aliphatic carbocycles. The minimum absolute atomic E-state index is 0.976. The van der Waals surface area contributed by atoms with Crippen LogP contribution in [0.2, 0.25) is 0 Å². The van der Waals surface area contributed by atoms with Crippen molar-refractivity contribution in [2.24, 2.45) is 0 Å². The Balaban J connectivity index is 1.28. The van der Waals surface area contributed by atoms with Crippen LogP contribution in [-0.2, 0) is 0 Å². The maximum absolute atomic E-state index is 4.94. The molecule has 214 valence electrons. The summed E-state index contributed by atoms with van der Waals surface area (Å²) in [5.74, 6) is 0. The predicted molar refractivity (Wildman–Crippen MR) is 196 cm³/mol. The third-order valence-electron chi connectivity index (χ3n) is 9.31. The van der Waals surface area contributed by atoms with Gasteiger partial charge in [-0.15, -0.1) is 0 Å². The molecule has 0 N–H and O–H groups in total. The van der Waals surface area contributed by atoms with Crippen LogP contribution in [0.5, 0.6) is 0 Å². The number of benzene rings is 8. The van der Waals surface area contributed by atoms with Crippen molar-refractivity contribution in [3.8, 4) is 44.6 Å². The van der Waals surface area contributed by atoms with E-state index in [0.29, 0.717) is 0 Å². The zero-order valence-corrected chi connectivity index (χ0v) is 25.2. The van der Waals surface area contributed by atoms with Gasteiger partial charge in [-0.05, 0) is 83.0 Å². The number of fused-ring (bicyclic) bond motifs is 4. The molecule has 1 heteroatoms. The second kappa shape index (κ2) is 10.8. The number of nitrogens with zero attached hydrogens (tertiary/aromatic N) is 1. The molecule has 0 aliphatic heterocycles. The van der Waals surface area contributed by atoms with E-state index in [-0.39, 0.29) is 0 Å². The van der Waals surface area contributed by atoms with Gasteiger partial charge in [0.15, 0.2) is 0 Å². The molecule has 46 heavy (non-hydrogen) atoms. The fourth-order valence-electron chi connectivity index (χ4n) is 7.18. The van der Waals surface area contributed by atoms with Crippen LogP contribution in [0.25, 0.3) is 87.7 Å². The first-order valence-electron chi connectivity index (χ1n) is 15.8. The zero-order valence-electron chi connectivity index (χ0n) is 25.2. The van der Waals surface area contributed by atoms with Crippen molar-refractivity contribution in [3.05, 3.63) is 176 Å². The summed E-state index contributed by atoms with van der Waals surface area (Å²) >= 11 is 0. The highest BCUT2D eigenvalue weighted by Crippen LogP contribution is 2.46. The molecule has 0 aliphatic rings. The van der Waals surface area contributed by atoms with Crippen molar-refractivity contribution in [2.75, 3.05) is 0 Å². The lowest BCUT2D eigenvalue weighted by molar-refractivity contribution is 1.33. The summed E-state index contributed by atoms with van der Waals surface area (Å²) in [5.41, 5.74) is 9.43. The van der Waals surface area contributed by atoms with E-state index in [4.69, 9.17) is 4.98 Å². The fourth-order valence-corrected chi connectivity index (χ4v) is 7.18. The molecule has 0 fully saturated rings. The van der Waals surface area contributed by atoms with E-state index in [9.17, 15) is 0 Å². The second-order valence-corrected chi connectivity index (χ2v) is 11.9. The Morgan fingerprint density at radius 3 is 1.52 bits per heavy atom. The van der Waals surface area contributed by atoms with Crippen molar-refractivity contribution in [2.45, 2.75) is 0 Å². The lowest BCUT2D eigenvalue weighted by atomic mass is 9.84. The Kier molecular flexibility index (Phi) is 6.21. The number of rotatable bonds is 4. The van der Waals surface area contributed by atoms with Gasteiger partial charge in [-0.3, -0.25) is 4.98 Å². The molecule has 1 aromatic heterocycles. The quantitative estimate of drug-likeness (QED) is 0.188. The summed E-state index contributed by atoms with van der Waals surface area (Å²) in [7, 11) is 0. The molecule has 0 saturated heterocycles. The van der Waals surface area contributed by atoms with Crippen molar-refractivity contribution in [1.82, 2.24) is 4.98 Å². The molecule has 0 bridgehead atoms. The minimum atomic E-state index is 0.976. The summed E-state index contributed by atoms with van der Waals surface area (Å²) < 4.78 is 0. The molecule has 0 unspecified atom stereocenters. The van der Waals surface area contributed by atoms with Crippen LogP contribution in [0.4, 0.5) is 0 Å². The SMILES string of the molecule is c1ccc(-c2ccc(-c3cccc4c(-c5c6ccccc6c(-c6ccc7ccccc7c6)c6ccccc56)cccc34)nc2)cc1. The van der Waals surface area contributed by atoms with Crippen LogP contribution in [0.1, 0.15) is 0 Å². The molecule has 0 radical (unpaired) electrons. The van der Waals surface area contributed by atoms with E-state index in [1.807, 2.05) is 12.3 Å². The Labute approximate surface area is 268 Å². The highest BCUT2D eigenvalue weighted by atomic mass is 14.7.